The highest BCUT2D eigenvalue weighted by Crippen LogP contribution is 2.44. The van der Waals surface area contributed by atoms with Gasteiger partial charge in [-0.1, -0.05) is 0 Å². The summed E-state index contributed by atoms with van der Waals surface area (Å²) >= 11 is 0. The number of likely N-dealkylation sites (tertiary alicyclic amines) is 1. The first-order chi connectivity index (χ1) is 11.0. The molecule has 0 radical (unpaired) electrons. The fourth-order valence-electron chi connectivity index (χ4n) is 4.48. The van der Waals surface area contributed by atoms with Crippen LogP contribution in [-0.2, 0) is 14.3 Å². The summed E-state index contributed by atoms with van der Waals surface area (Å²) in [6.45, 7) is 3.88. The normalized spacial score (nSPS) is 33.8. The molecular formula is C17H33N3O3. The van der Waals surface area contributed by atoms with Crippen molar-refractivity contribution in [3.05, 3.63) is 0 Å². The number of hydrogen-bond acceptors (Lipinski definition) is 5. The van der Waals surface area contributed by atoms with E-state index in [0.29, 0.717) is 25.2 Å². The predicted molar refractivity (Wildman–Crippen MR) is 90.2 cm³/mol. The molecule has 134 valence electrons. The Kier molecular flexibility index (Phi) is 5.26. The molecule has 1 N–H and O–H groups in total. The van der Waals surface area contributed by atoms with Gasteiger partial charge in [0, 0.05) is 39.9 Å². The van der Waals surface area contributed by atoms with Gasteiger partial charge in [0.15, 0.2) is 5.79 Å². The van der Waals surface area contributed by atoms with Crippen molar-refractivity contribution >= 4 is 5.91 Å². The van der Waals surface area contributed by atoms with Crippen molar-refractivity contribution < 1.29 is 15.7 Å². The van der Waals surface area contributed by atoms with Crippen LogP contribution in [0.15, 0.2) is 0 Å². The maximum Gasteiger partial charge on any atom is 0.224 e. The Morgan fingerprint density at radius 3 is 2.83 bits per heavy atom. The zero-order chi connectivity index (χ0) is 16.4. The van der Waals surface area contributed by atoms with Crippen LogP contribution in [0.5, 0.6) is 0 Å². The maximum absolute atomic E-state index is 12.5. The lowest BCUT2D eigenvalue weighted by molar-refractivity contribution is -0.202. The van der Waals surface area contributed by atoms with E-state index in [1.165, 1.54) is 0 Å². The lowest BCUT2D eigenvalue weighted by Crippen LogP contribution is -2.55. The summed E-state index contributed by atoms with van der Waals surface area (Å²) in [7, 11) is 6.20. The van der Waals surface area contributed by atoms with E-state index in [9.17, 15) is 4.79 Å². The molecule has 1 amide bonds. The minimum atomic E-state index is -0.356. The van der Waals surface area contributed by atoms with Gasteiger partial charge in [0.25, 0.3) is 0 Å². The molecule has 6 nitrogen and oxygen atoms in total. The molecule has 1 spiro atoms. The van der Waals surface area contributed by atoms with Crippen molar-refractivity contribution in [2.24, 2.45) is 11.8 Å². The summed E-state index contributed by atoms with van der Waals surface area (Å²) in [6.07, 6.45) is 3.98. The van der Waals surface area contributed by atoms with Crippen LogP contribution in [0.2, 0.25) is 0 Å². The molecule has 2 aliphatic heterocycles. The lowest BCUT2D eigenvalue weighted by Gasteiger charge is -2.49. The first-order valence-electron chi connectivity index (χ1n) is 8.90. The van der Waals surface area contributed by atoms with E-state index in [2.05, 4.69) is 22.2 Å². The predicted octanol–water partition coefficient (Wildman–Crippen LogP) is 0.774. The van der Waals surface area contributed by atoms with E-state index in [4.69, 9.17) is 9.47 Å². The Morgan fingerprint density at radius 1 is 1.39 bits per heavy atom. The second kappa shape index (κ2) is 7.05. The summed E-state index contributed by atoms with van der Waals surface area (Å²) in [5.41, 5.74) is 0. The zero-order valence-electron chi connectivity index (χ0n) is 14.7. The molecule has 6 heteroatoms. The van der Waals surface area contributed by atoms with Crippen molar-refractivity contribution in [1.29, 1.82) is 0 Å². The number of ether oxygens (including phenoxy) is 2. The molecule has 0 bridgehead atoms. The van der Waals surface area contributed by atoms with Gasteiger partial charge < -0.3 is 24.6 Å². The second-order valence-electron chi connectivity index (χ2n) is 7.64. The number of likely N-dealkylation sites (N-methyl/N-ethyl adjacent to an activating group) is 1. The van der Waals surface area contributed by atoms with Crippen LogP contribution in [0.4, 0.5) is 0 Å². The summed E-state index contributed by atoms with van der Waals surface area (Å²) < 4.78 is 11.8. The number of nitrogens with zero attached hydrogens (tertiary/aromatic N) is 2. The number of rotatable bonds is 4. The smallest absolute Gasteiger partial charge is 0.224 e. The van der Waals surface area contributed by atoms with Gasteiger partial charge >= 0.3 is 0 Å². The number of carbonyl (C=O) groups is 1. The van der Waals surface area contributed by atoms with Crippen LogP contribution in [0, 0.1) is 11.8 Å². The Hall–Kier alpha value is -0.690. The van der Waals surface area contributed by atoms with Crippen LogP contribution in [0.1, 0.15) is 27.1 Å². The SMILES string of the molecule is CN(C)CCNC(=O)C1C[C@@H]2CC3(CC[C@H]2N(C)C1)OCCO3.[HH]. The van der Waals surface area contributed by atoms with Crippen molar-refractivity contribution in [2.75, 3.05) is 54.0 Å². The molecule has 2 saturated heterocycles. The highest BCUT2D eigenvalue weighted by Gasteiger charge is 2.49. The van der Waals surface area contributed by atoms with Gasteiger partial charge in [-0.25, -0.2) is 0 Å². The first kappa shape index (κ1) is 17.1. The molecule has 0 aromatic rings. The molecule has 2 heterocycles. The van der Waals surface area contributed by atoms with Gasteiger partial charge in [0.1, 0.15) is 0 Å². The third kappa shape index (κ3) is 3.87. The first-order valence-corrected chi connectivity index (χ1v) is 8.90. The van der Waals surface area contributed by atoms with Gasteiger partial charge in [-0.15, -0.1) is 0 Å². The Labute approximate surface area is 141 Å². The van der Waals surface area contributed by atoms with Crippen molar-refractivity contribution in [2.45, 2.75) is 37.5 Å². The summed E-state index contributed by atoms with van der Waals surface area (Å²) in [5, 5.41) is 3.09. The average molecular weight is 327 g/mol. The van der Waals surface area contributed by atoms with Crippen LogP contribution in [0.25, 0.3) is 0 Å². The quantitative estimate of drug-likeness (QED) is 0.827. The monoisotopic (exact) mass is 327 g/mol. The van der Waals surface area contributed by atoms with Crippen molar-refractivity contribution in [3.63, 3.8) is 0 Å². The number of amides is 1. The van der Waals surface area contributed by atoms with E-state index in [1.54, 1.807) is 0 Å². The lowest BCUT2D eigenvalue weighted by atomic mass is 9.72. The fourth-order valence-corrected chi connectivity index (χ4v) is 4.48. The third-order valence-corrected chi connectivity index (χ3v) is 5.64. The largest absolute Gasteiger partial charge is 0.355 e. The van der Waals surface area contributed by atoms with E-state index < -0.39 is 0 Å². The molecule has 0 aromatic carbocycles. The van der Waals surface area contributed by atoms with E-state index in [-0.39, 0.29) is 19.0 Å². The molecule has 0 aromatic heterocycles. The summed E-state index contributed by atoms with van der Waals surface area (Å²) in [6, 6.07) is 0.569. The molecular weight excluding hydrogens is 294 g/mol. The van der Waals surface area contributed by atoms with Gasteiger partial charge in [0.2, 0.25) is 5.91 Å². The van der Waals surface area contributed by atoms with Crippen LogP contribution < -0.4 is 5.32 Å². The van der Waals surface area contributed by atoms with Crippen molar-refractivity contribution in [1.82, 2.24) is 15.1 Å². The minimum Gasteiger partial charge on any atom is -0.355 e. The summed E-state index contributed by atoms with van der Waals surface area (Å²) in [5.74, 6) is 0.417. The average Bonchev–Trinajstić information content (AvgIpc) is 2.94. The maximum atomic E-state index is 12.5. The molecule has 1 aliphatic carbocycles. The standard InChI is InChI=1S/C17H31N3O3.H2/c1-19(2)7-6-18-16(21)14-10-13-11-17(22-8-9-23-17)5-4-15(13)20(3)12-14;/h13-15H,4-12H2,1-3H3,(H,18,21);1H/t13-,14?,15-;/m1./s1. The molecule has 3 fully saturated rings. The Bertz CT molecular complexity index is 429. The fraction of sp³-hybridized carbons (Fsp3) is 0.941. The van der Waals surface area contributed by atoms with Crippen LogP contribution >= 0.6 is 0 Å². The minimum absolute atomic E-state index is 0. The van der Waals surface area contributed by atoms with Crippen LogP contribution in [-0.4, -0.2) is 81.5 Å². The highest BCUT2D eigenvalue weighted by molar-refractivity contribution is 5.79. The topological polar surface area (TPSA) is 54.0 Å². The molecule has 1 unspecified atom stereocenters. The van der Waals surface area contributed by atoms with E-state index in [1.807, 2.05) is 14.1 Å². The third-order valence-electron chi connectivity index (χ3n) is 5.64. The van der Waals surface area contributed by atoms with Gasteiger partial charge in [-0.05, 0) is 39.9 Å². The van der Waals surface area contributed by atoms with E-state index >= 15 is 0 Å². The van der Waals surface area contributed by atoms with Crippen LogP contribution in [0.3, 0.4) is 0 Å². The number of nitrogens with one attached hydrogen (secondary N) is 1. The van der Waals surface area contributed by atoms with Gasteiger partial charge in [-0.2, -0.15) is 0 Å². The van der Waals surface area contributed by atoms with Gasteiger partial charge in [-0.3, -0.25) is 4.79 Å². The molecule has 23 heavy (non-hydrogen) atoms. The highest BCUT2D eigenvalue weighted by atomic mass is 16.7. The number of carbonyl (C=O) groups excluding carboxylic acids is 1. The van der Waals surface area contributed by atoms with Gasteiger partial charge in [0.05, 0.1) is 19.1 Å². The molecule has 3 aliphatic rings. The number of fused-ring (bicyclic) bond motifs is 1. The Balaban J connectivity index is 0.00000208. The zero-order valence-corrected chi connectivity index (χ0v) is 14.7. The molecule has 1 saturated carbocycles. The van der Waals surface area contributed by atoms with E-state index in [0.717, 1.165) is 45.3 Å². The number of hydrogen-bond donors (Lipinski definition) is 1. The van der Waals surface area contributed by atoms with Crippen molar-refractivity contribution in [3.8, 4) is 0 Å². The Morgan fingerprint density at radius 2 is 2.13 bits per heavy atom. The molecule has 3 atom stereocenters. The second-order valence-corrected chi connectivity index (χ2v) is 7.64. The molecule has 3 rings (SSSR count). The number of piperidine rings is 1. The summed E-state index contributed by atoms with van der Waals surface area (Å²) in [4.78, 5) is 17.0.